The quantitative estimate of drug-likeness (QED) is 0.729. The van der Waals surface area contributed by atoms with Crippen molar-refractivity contribution in [2.24, 2.45) is 5.92 Å². The normalized spacial score (nSPS) is 34.8. The second-order valence-electron chi connectivity index (χ2n) is 5.33. The second kappa shape index (κ2) is 8.05. The molecule has 0 aromatic rings. The van der Waals surface area contributed by atoms with Crippen LogP contribution in [0.5, 0.6) is 0 Å². The minimum atomic E-state index is -0.402. The van der Waals surface area contributed by atoms with Crippen LogP contribution in [0.3, 0.4) is 0 Å². The Labute approximate surface area is 120 Å². The Morgan fingerprint density at radius 1 is 1.16 bits per heavy atom. The van der Waals surface area contributed by atoms with Gasteiger partial charge in [-0.3, -0.25) is 0 Å². The smallest absolute Gasteiger partial charge is 0.101 e. The predicted molar refractivity (Wildman–Crippen MR) is 78.1 cm³/mol. The molecule has 0 amide bonds. The summed E-state index contributed by atoms with van der Waals surface area (Å²) in [6, 6.07) is 0. The zero-order chi connectivity index (χ0) is 14.4. The topological polar surface area (TPSA) is 49.7 Å². The molecule has 19 heavy (non-hydrogen) atoms. The first-order valence-electron chi connectivity index (χ1n) is 6.88. The van der Waals surface area contributed by atoms with Crippen molar-refractivity contribution in [2.75, 3.05) is 7.11 Å². The zero-order valence-electron chi connectivity index (χ0n) is 12.0. The lowest BCUT2D eigenvalue weighted by atomic mass is 9.93. The van der Waals surface area contributed by atoms with Gasteiger partial charge in [0.15, 0.2) is 0 Å². The van der Waals surface area contributed by atoms with E-state index in [1.54, 1.807) is 7.11 Å². The van der Waals surface area contributed by atoms with Gasteiger partial charge in [-0.05, 0) is 44.1 Å². The number of rotatable bonds is 1. The van der Waals surface area contributed by atoms with Gasteiger partial charge in [-0.2, -0.15) is 0 Å². The van der Waals surface area contributed by atoms with E-state index >= 15 is 0 Å². The first-order valence-corrected chi connectivity index (χ1v) is 7.26. The molecule has 2 rings (SSSR count). The van der Waals surface area contributed by atoms with Gasteiger partial charge in [0.25, 0.3) is 0 Å². The Balaban J connectivity index is 0.000000191. The van der Waals surface area contributed by atoms with Gasteiger partial charge >= 0.3 is 0 Å². The van der Waals surface area contributed by atoms with Crippen molar-refractivity contribution < 1.29 is 14.9 Å². The molecule has 2 N–H and O–H groups in total. The van der Waals surface area contributed by atoms with E-state index in [-0.39, 0.29) is 12.2 Å². The molecule has 4 heteroatoms. The van der Waals surface area contributed by atoms with Crippen LogP contribution in [0.25, 0.3) is 0 Å². The maximum Gasteiger partial charge on any atom is 0.101 e. The number of aliphatic hydroxyl groups excluding tert-OH is 2. The molecule has 0 radical (unpaired) electrons. The van der Waals surface area contributed by atoms with E-state index in [4.69, 9.17) is 16.3 Å². The molecule has 3 nitrogen and oxygen atoms in total. The molecular weight excluding hydrogens is 264 g/mol. The van der Waals surface area contributed by atoms with Crippen molar-refractivity contribution in [1.29, 1.82) is 0 Å². The van der Waals surface area contributed by atoms with Crippen LogP contribution in [0.4, 0.5) is 0 Å². The van der Waals surface area contributed by atoms with Crippen molar-refractivity contribution in [3.8, 4) is 0 Å². The molecule has 2 aliphatic rings. The maximum atomic E-state index is 9.44. The molecule has 0 unspecified atom stereocenters. The Morgan fingerprint density at radius 2 is 1.79 bits per heavy atom. The summed E-state index contributed by atoms with van der Waals surface area (Å²) in [5.41, 5.74) is 1.04. The third-order valence-corrected chi connectivity index (χ3v) is 4.20. The van der Waals surface area contributed by atoms with Gasteiger partial charge in [-0.15, -0.1) is 0 Å². The summed E-state index contributed by atoms with van der Waals surface area (Å²) < 4.78 is 5.08. The van der Waals surface area contributed by atoms with Gasteiger partial charge in [0.05, 0.1) is 12.2 Å². The third-order valence-electron chi connectivity index (χ3n) is 3.82. The molecule has 110 valence electrons. The molecule has 0 saturated carbocycles. The molecule has 0 saturated heterocycles. The zero-order valence-corrected chi connectivity index (χ0v) is 12.7. The lowest BCUT2D eigenvalue weighted by Crippen LogP contribution is -2.31. The highest BCUT2D eigenvalue weighted by atomic mass is 35.5. The highest BCUT2D eigenvalue weighted by Crippen LogP contribution is 2.26. The number of methoxy groups -OCH3 is 1. The minimum absolute atomic E-state index is 0.0185. The molecule has 0 aromatic heterocycles. The number of hydrogen-bond donors (Lipinski definition) is 2. The highest BCUT2D eigenvalue weighted by Gasteiger charge is 2.22. The number of hydrogen-bond acceptors (Lipinski definition) is 3. The van der Waals surface area contributed by atoms with Crippen molar-refractivity contribution >= 4 is 11.6 Å². The van der Waals surface area contributed by atoms with Gasteiger partial charge in [0.2, 0.25) is 0 Å². The lowest BCUT2D eigenvalue weighted by Gasteiger charge is -2.25. The van der Waals surface area contributed by atoms with Crippen LogP contribution in [0.2, 0.25) is 0 Å². The van der Waals surface area contributed by atoms with E-state index in [1.807, 2.05) is 19.9 Å². The molecule has 4 atom stereocenters. The molecule has 0 aliphatic heterocycles. The number of halogens is 1. The van der Waals surface area contributed by atoms with Crippen molar-refractivity contribution in [1.82, 2.24) is 0 Å². The molecular formula is C15H25ClO3. The third kappa shape index (κ3) is 4.92. The van der Waals surface area contributed by atoms with Gasteiger partial charge < -0.3 is 14.9 Å². The fraction of sp³-hybridized carbons (Fsp3) is 0.733. The summed E-state index contributed by atoms with van der Waals surface area (Å²) >= 11 is 5.67. The average molecular weight is 289 g/mol. The maximum absolute atomic E-state index is 9.44. The first kappa shape index (κ1) is 16.7. The van der Waals surface area contributed by atoms with Gasteiger partial charge in [0, 0.05) is 12.1 Å². The molecule has 2 aliphatic carbocycles. The van der Waals surface area contributed by atoms with E-state index in [2.05, 4.69) is 6.08 Å². The van der Waals surface area contributed by atoms with Crippen molar-refractivity contribution in [3.05, 3.63) is 22.8 Å². The van der Waals surface area contributed by atoms with E-state index < -0.39 is 6.10 Å². The second-order valence-corrected chi connectivity index (χ2v) is 5.77. The predicted octanol–water partition coefficient (Wildman–Crippen LogP) is 3.00. The summed E-state index contributed by atoms with van der Waals surface area (Å²) in [5.74, 6) is 0.336. The number of aliphatic hydroxyl groups is 2. The minimum Gasteiger partial charge on any atom is -0.387 e. The van der Waals surface area contributed by atoms with Crippen molar-refractivity contribution in [3.63, 3.8) is 0 Å². The fourth-order valence-electron chi connectivity index (χ4n) is 2.33. The Morgan fingerprint density at radius 3 is 2.26 bits per heavy atom. The Hall–Kier alpha value is -0.350. The van der Waals surface area contributed by atoms with E-state index in [0.717, 1.165) is 31.3 Å². The van der Waals surface area contributed by atoms with Gasteiger partial charge in [-0.25, -0.2) is 0 Å². The first-order chi connectivity index (χ1) is 8.97. The molecule has 0 aromatic carbocycles. The van der Waals surface area contributed by atoms with Crippen molar-refractivity contribution in [2.45, 2.75) is 57.8 Å². The monoisotopic (exact) mass is 288 g/mol. The van der Waals surface area contributed by atoms with Crippen LogP contribution >= 0.6 is 11.6 Å². The SMILES string of the molecule is CO[C@H]1CCC=C(C)[C@H]1O.C[C@H]1CCC=C(Cl)[C@H]1O. The van der Waals surface area contributed by atoms with Crippen LogP contribution in [0, 0.1) is 5.92 Å². The standard InChI is InChI=1S/C8H14O2.C7H11ClO/c1-6-4-3-5-7(10-2)8(6)9;1-5-3-2-4-6(8)7(5)9/h4,7-9H,3,5H2,1-2H3;4-5,7,9H,2-3H2,1H3/t7-,8+;5-,7-/m00/s1. The average Bonchev–Trinajstić information content (AvgIpc) is 2.40. The lowest BCUT2D eigenvalue weighted by molar-refractivity contribution is -0.00235. The van der Waals surface area contributed by atoms with Crippen LogP contribution in [0.1, 0.15) is 39.5 Å². The molecule has 0 fully saturated rings. The summed E-state index contributed by atoms with van der Waals surface area (Å²) in [7, 11) is 1.65. The summed E-state index contributed by atoms with van der Waals surface area (Å²) in [6.45, 7) is 3.95. The highest BCUT2D eigenvalue weighted by molar-refractivity contribution is 6.30. The van der Waals surface area contributed by atoms with Crippen LogP contribution in [-0.4, -0.2) is 35.6 Å². The van der Waals surface area contributed by atoms with E-state index in [1.165, 1.54) is 0 Å². The van der Waals surface area contributed by atoms with Crippen LogP contribution < -0.4 is 0 Å². The fourth-order valence-corrected chi connectivity index (χ4v) is 2.65. The van der Waals surface area contributed by atoms with Crippen LogP contribution in [-0.2, 0) is 4.74 Å². The number of ether oxygens (including phenoxy) is 1. The van der Waals surface area contributed by atoms with E-state index in [0.29, 0.717) is 11.0 Å². The molecule has 0 bridgehead atoms. The van der Waals surface area contributed by atoms with E-state index in [9.17, 15) is 10.2 Å². The summed E-state index contributed by atoms with van der Waals surface area (Å²) in [4.78, 5) is 0. The van der Waals surface area contributed by atoms with Gasteiger partial charge in [0.1, 0.15) is 6.10 Å². The Kier molecular flexibility index (Phi) is 7.08. The largest absolute Gasteiger partial charge is 0.387 e. The summed E-state index contributed by atoms with van der Waals surface area (Å²) in [6.07, 6.45) is 7.24. The molecule has 0 spiro atoms. The Bertz CT molecular complexity index is 338. The number of allylic oxidation sites excluding steroid dienone is 2. The molecule has 0 heterocycles. The van der Waals surface area contributed by atoms with Crippen LogP contribution in [0.15, 0.2) is 22.8 Å². The summed E-state index contributed by atoms with van der Waals surface area (Å²) in [5, 5.41) is 19.3. The van der Waals surface area contributed by atoms with Gasteiger partial charge in [-0.1, -0.05) is 30.7 Å².